The van der Waals surface area contributed by atoms with Crippen LogP contribution < -0.4 is 5.73 Å². The minimum absolute atomic E-state index is 0.132. The lowest BCUT2D eigenvalue weighted by molar-refractivity contribution is 0.119. The Morgan fingerprint density at radius 1 is 1.53 bits per heavy atom. The summed E-state index contributed by atoms with van der Waals surface area (Å²) in [5.41, 5.74) is 5.81. The molecule has 0 bridgehead atoms. The Hall–Kier alpha value is -1.42. The molecule has 3 nitrogen and oxygen atoms in total. The molecular formula is C11H15FN2O. The number of nitrogen functional groups attached to an aromatic ring is 1. The second-order valence-electron chi connectivity index (χ2n) is 3.24. The molecule has 0 amide bonds. The van der Waals surface area contributed by atoms with E-state index in [1.807, 2.05) is 6.92 Å². The van der Waals surface area contributed by atoms with Crippen molar-refractivity contribution in [3.8, 4) is 0 Å². The maximum atomic E-state index is 13.6. The van der Waals surface area contributed by atoms with Gasteiger partial charge in [-0.2, -0.15) is 0 Å². The van der Waals surface area contributed by atoms with Crippen molar-refractivity contribution in [3.05, 3.63) is 35.1 Å². The summed E-state index contributed by atoms with van der Waals surface area (Å²) in [5, 5.41) is 7.18. The number of ether oxygens (including phenoxy) is 1. The van der Waals surface area contributed by atoms with Crippen LogP contribution in [0.25, 0.3) is 0 Å². The zero-order chi connectivity index (χ0) is 11.3. The normalized spacial score (nSPS) is 10.3. The van der Waals surface area contributed by atoms with Gasteiger partial charge in [0.25, 0.3) is 0 Å². The fraction of sp³-hybridized carbons (Fsp3) is 0.364. The highest BCUT2D eigenvalue weighted by Gasteiger charge is 2.09. The van der Waals surface area contributed by atoms with Crippen LogP contribution in [0, 0.1) is 11.2 Å². The third-order valence-electron chi connectivity index (χ3n) is 1.97. The van der Waals surface area contributed by atoms with Gasteiger partial charge in [-0.1, -0.05) is 19.1 Å². The van der Waals surface area contributed by atoms with Crippen LogP contribution in [0.15, 0.2) is 18.2 Å². The van der Waals surface area contributed by atoms with Crippen LogP contribution in [0.5, 0.6) is 0 Å². The third kappa shape index (κ3) is 3.02. The lowest BCUT2D eigenvalue weighted by Crippen LogP contribution is -2.14. The van der Waals surface area contributed by atoms with Gasteiger partial charge in [-0.3, -0.25) is 5.41 Å². The number of benzene rings is 1. The molecule has 0 aliphatic heterocycles. The molecule has 82 valence electrons. The summed E-state index contributed by atoms with van der Waals surface area (Å²) in [6.07, 6.45) is 0.897. The molecule has 1 rings (SSSR count). The van der Waals surface area contributed by atoms with Gasteiger partial charge < -0.3 is 10.5 Å². The SMILES string of the molecule is CCCOCc1cccc(C(=N)N)c1F. The largest absolute Gasteiger partial charge is 0.384 e. The smallest absolute Gasteiger partial charge is 0.139 e. The van der Waals surface area contributed by atoms with Crippen molar-refractivity contribution < 1.29 is 9.13 Å². The summed E-state index contributed by atoms with van der Waals surface area (Å²) in [7, 11) is 0. The average Bonchev–Trinajstić information content (AvgIpc) is 2.20. The molecule has 0 fully saturated rings. The molecule has 3 N–H and O–H groups in total. The highest BCUT2D eigenvalue weighted by molar-refractivity contribution is 5.95. The van der Waals surface area contributed by atoms with Crippen LogP contribution in [0.3, 0.4) is 0 Å². The Morgan fingerprint density at radius 2 is 2.27 bits per heavy atom. The second kappa shape index (κ2) is 5.46. The van der Waals surface area contributed by atoms with Gasteiger partial charge in [0.05, 0.1) is 12.2 Å². The molecule has 1 aromatic rings. The number of nitrogens with one attached hydrogen (secondary N) is 1. The molecule has 0 unspecified atom stereocenters. The van der Waals surface area contributed by atoms with E-state index in [4.69, 9.17) is 15.9 Å². The highest BCUT2D eigenvalue weighted by Crippen LogP contribution is 2.13. The molecule has 0 aliphatic carbocycles. The summed E-state index contributed by atoms with van der Waals surface area (Å²) in [4.78, 5) is 0. The van der Waals surface area contributed by atoms with Crippen LogP contribution in [-0.2, 0) is 11.3 Å². The maximum absolute atomic E-state index is 13.6. The van der Waals surface area contributed by atoms with E-state index >= 15 is 0 Å². The fourth-order valence-electron chi connectivity index (χ4n) is 1.23. The van der Waals surface area contributed by atoms with Crippen LogP contribution in [-0.4, -0.2) is 12.4 Å². The van der Waals surface area contributed by atoms with Crippen LogP contribution in [0.2, 0.25) is 0 Å². The molecule has 0 atom stereocenters. The Balaban J connectivity index is 2.80. The van der Waals surface area contributed by atoms with Gasteiger partial charge in [0.1, 0.15) is 11.7 Å². The van der Waals surface area contributed by atoms with Gasteiger partial charge >= 0.3 is 0 Å². The third-order valence-corrected chi connectivity index (χ3v) is 1.97. The topological polar surface area (TPSA) is 59.1 Å². The molecule has 0 heterocycles. The van der Waals surface area contributed by atoms with E-state index in [0.29, 0.717) is 12.2 Å². The van der Waals surface area contributed by atoms with Crippen molar-refractivity contribution in [1.82, 2.24) is 0 Å². The second-order valence-corrected chi connectivity index (χ2v) is 3.24. The molecule has 15 heavy (non-hydrogen) atoms. The number of nitrogens with two attached hydrogens (primary N) is 1. The summed E-state index contributed by atoms with van der Waals surface area (Å²) < 4.78 is 18.9. The van der Waals surface area contributed by atoms with Gasteiger partial charge in [-0.15, -0.1) is 0 Å². The highest BCUT2D eigenvalue weighted by atomic mass is 19.1. The minimum atomic E-state index is -0.457. The number of halogens is 1. The Bertz CT molecular complexity index is 352. The number of amidine groups is 1. The molecule has 1 aromatic carbocycles. The Morgan fingerprint density at radius 3 is 2.87 bits per heavy atom. The fourth-order valence-corrected chi connectivity index (χ4v) is 1.23. The van der Waals surface area contributed by atoms with Gasteiger partial charge in [0, 0.05) is 12.2 Å². The zero-order valence-corrected chi connectivity index (χ0v) is 8.72. The monoisotopic (exact) mass is 210 g/mol. The standard InChI is InChI=1S/C11H15FN2O/c1-2-6-15-7-8-4-3-5-9(10(8)12)11(13)14/h3-5H,2,6-7H2,1H3,(H3,13,14). The van der Waals surface area contributed by atoms with Crippen molar-refractivity contribution in [1.29, 1.82) is 5.41 Å². The van der Waals surface area contributed by atoms with Crippen LogP contribution in [0.4, 0.5) is 4.39 Å². The molecule has 0 saturated heterocycles. The van der Waals surface area contributed by atoms with E-state index in [1.54, 1.807) is 12.1 Å². The van der Waals surface area contributed by atoms with Crippen molar-refractivity contribution in [2.24, 2.45) is 5.73 Å². The summed E-state index contributed by atoms with van der Waals surface area (Å²) in [5.74, 6) is -0.717. The predicted molar refractivity (Wildman–Crippen MR) is 57.4 cm³/mol. The lowest BCUT2D eigenvalue weighted by atomic mass is 10.1. The molecule has 0 saturated carbocycles. The minimum Gasteiger partial charge on any atom is -0.384 e. The first-order valence-electron chi connectivity index (χ1n) is 4.86. The molecule has 0 aromatic heterocycles. The first-order chi connectivity index (χ1) is 7.16. The average molecular weight is 210 g/mol. The van der Waals surface area contributed by atoms with E-state index in [-0.39, 0.29) is 18.0 Å². The molecule has 0 radical (unpaired) electrons. The summed E-state index contributed by atoms with van der Waals surface area (Å²) >= 11 is 0. The quantitative estimate of drug-likeness (QED) is 0.444. The van der Waals surface area contributed by atoms with Gasteiger partial charge in [0.15, 0.2) is 0 Å². The van der Waals surface area contributed by atoms with E-state index < -0.39 is 5.82 Å². The maximum Gasteiger partial charge on any atom is 0.139 e. The first-order valence-corrected chi connectivity index (χ1v) is 4.86. The zero-order valence-electron chi connectivity index (χ0n) is 8.72. The predicted octanol–water partition coefficient (Wildman–Crippen LogP) is 2.04. The van der Waals surface area contributed by atoms with Gasteiger partial charge in [0.2, 0.25) is 0 Å². The van der Waals surface area contributed by atoms with E-state index in [1.165, 1.54) is 6.07 Å². The molecular weight excluding hydrogens is 195 g/mol. The summed E-state index contributed by atoms with van der Waals surface area (Å²) in [6.45, 7) is 2.81. The molecule has 0 spiro atoms. The van der Waals surface area contributed by atoms with Crippen molar-refractivity contribution in [2.75, 3.05) is 6.61 Å². The van der Waals surface area contributed by atoms with Gasteiger partial charge in [-0.25, -0.2) is 4.39 Å². The first kappa shape index (κ1) is 11.7. The van der Waals surface area contributed by atoms with E-state index in [0.717, 1.165) is 6.42 Å². The number of rotatable bonds is 5. The Labute approximate surface area is 88.6 Å². The van der Waals surface area contributed by atoms with E-state index in [2.05, 4.69) is 0 Å². The van der Waals surface area contributed by atoms with Crippen LogP contribution >= 0.6 is 0 Å². The lowest BCUT2D eigenvalue weighted by Gasteiger charge is -2.07. The van der Waals surface area contributed by atoms with Crippen molar-refractivity contribution in [3.63, 3.8) is 0 Å². The van der Waals surface area contributed by atoms with Crippen LogP contribution in [0.1, 0.15) is 24.5 Å². The van der Waals surface area contributed by atoms with Crippen molar-refractivity contribution >= 4 is 5.84 Å². The number of hydrogen-bond donors (Lipinski definition) is 2. The summed E-state index contributed by atoms with van der Waals surface area (Å²) in [6, 6.07) is 4.79. The number of hydrogen-bond acceptors (Lipinski definition) is 2. The van der Waals surface area contributed by atoms with E-state index in [9.17, 15) is 4.39 Å². The molecule has 0 aliphatic rings. The van der Waals surface area contributed by atoms with Crippen molar-refractivity contribution in [2.45, 2.75) is 20.0 Å². The Kier molecular flexibility index (Phi) is 4.24. The molecule has 4 heteroatoms. The van der Waals surface area contributed by atoms with Gasteiger partial charge in [-0.05, 0) is 12.5 Å².